The number of carbonyl (C=O) groups excluding carboxylic acids is 2. The lowest BCUT2D eigenvalue weighted by atomic mass is 10.1. The van der Waals surface area contributed by atoms with Crippen LogP contribution in [0.25, 0.3) is 0 Å². The maximum atomic E-state index is 12.5. The van der Waals surface area contributed by atoms with Gasteiger partial charge in [0.25, 0.3) is 0 Å². The van der Waals surface area contributed by atoms with Crippen molar-refractivity contribution < 1.29 is 19.1 Å². The lowest BCUT2D eigenvalue weighted by molar-refractivity contribution is -0.131. The molecule has 1 N–H and O–H groups in total. The minimum atomic E-state index is -0.181. The molecule has 0 aromatic heterocycles. The van der Waals surface area contributed by atoms with Gasteiger partial charge in [-0.25, -0.2) is 4.79 Å². The van der Waals surface area contributed by atoms with Gasteiger partial charge in [0.1, 0.15) is 0 Å². The standard InChI is InChI=1S/C21H33N3O4/c1-7-28-18-10-15(8-9-17(18)27-6)13-23(5)20(26)22-12-16-11-19(25)24(14-16)21(2,3)4/h8-10,16H,7,11-14H2,1-6H3,(H,22,26). The van der Waals surface area contributed by atoms with Crippen LogP contribution < -0.4 is 14.8 Å². The number of nitrogens with zero attached hydrogens (tertiary/aromatic N) is 2. The highest BCUT2D eigenvalue weighted by atomic mass is 16.5. The Labute approximate surface area is 168 Å². The van der Waals surface area contributed by atoms with Crippen molar-refractivity contribution in [1.29, 1.82) is 0 Å². The van der Waals surface area contributed by atoms with Crippen LogP contribution in [0.5, 0.6) is 11.5 Å². The lowest BCUT2D eigenvalue weighted by Gasteiger charge is -2.32. The van der Waals surface area contributed by atoms with E-state index < -0.39 is 0 Å². The van der Waals surface area contributed by atoms with E-state index in [1.165, 1.54) is 0 Å². The van der Waals surface area contributed by atoms with Crippen LogP contribution in [0.3, 0.4) is 0 Å². The molecule has 7 nitrogen and oxygen atoms in total. The number of benzene rings is 1. The minimum Gasteiger partial charge on any atom is -0.493 e. The smallest absolute Gasteiger partial charge is 0.317 e. The number of rotatable bonds is 7. The summed E-state index contributed by atoms with van der Waals surface area (Å²) in [4.78, 5) is 28.1. The van der Waals surface area contributed by atoms with E-state index in [0.717, 1.165) is 5.56 Å². The molecule has 1 unspecified atom stereocenters. The molecule has 7 heteroatoms. The summed E-state index contributed by atoms with van der Waals surface area (Å²) in [6, 6.07) is 5.50. The Hall–Kier alpha value is -2.44. The highest BCUT2D eigenvalue weighted by molar-refractivity contribution is 5.79. The summed E-state index contributed by atoms with van der Waals surface area (Å²) in [7, 11) is 3.35. The van der Waals surface area contributed by atoms with Gasteiger partial charge < -0.3 is 24.6 Å². The largest absolute Gasteiger partial charge is 0.493 e. The monoisotopic (exact) mass is 391 g/mol. The number of methoxy groups -OCH3 is 1. The van der Waals surface area contributed by atoms with Crippen molar-refractivity contribution in [2.75, 3.05) is 33.9 Å². The van der Waals surface area contributed by atoms with Crippen molar-refractivity contribution in [2.24, 2.45) is 5.92 Å². The third-order valence-corrected chi connectivity index (χ3v) is 4.85. The summed E-state index contributed by atoms with van der Waals surface area (Å²) < 4.78 is 10.9. The van der Waals surface area contributed by atoms with Crippen molar-refractivity contribution in [3.63, 3.8) is 0 Å². The van der Waals surface area contributed by atoms with Gasteiger partial charge in [0, 0.05) is 44.6 Å². The maximum absolute atomic E-state index is 12.5. The first-order chi connectivity index (χ1) is 13.2. The fourth-order valence-electron chi connectivity index (χ4n) is 3.37. The number of nitrogens with one attached hydrogen (secondary N) is 1. The highest BCUT2D eigenvalue weighted by Crippen LogP contribution is 2.28. The van der Waals surface area contributed by atoms with Gasteiger partial charge in [0.2, 0.25) is 5.91 Å². The Bertz CT molecular complexity index is 699. The molecule has 156 valence electrons. The zero-order chi connectivity index (χ0) is 20.9. The van der Waals surface area contributed by atoms with E-state index in [1.807, 2.05) is 50.8 Å². The van der Waals surface area contributed by atoms with E-state index >= 15 is 0 Å². The van der Waals surface area contributed by atoms with Gasteiger partial charge in [0.05, 0.1) is 13.7 Å². The van der Waals surface area contributed by atoms with Gasteiger partial charge in [-0.05, 0) is 45.4 Å². The van der Waals surface area contributed by atoms with Crippen molar-refractivity contribution in [3.05, 3.63) is 23.8 Å². The summed E-state index contributed by atoms with van der Waals surface area (Å²) in [5.41, 5.74) is 0.774. The number of carbonyl (C=O) groups is 2. The first kappa shape index (κ1) is 21.9. The van der Waals surface area contributed by atoms with Crippen LogP contribution in [0, 0.1) is 5.92 Å². The highest BCUT2D eigenvalue weighted by Gasteiger charge is 2.36. The van der Waals surface area contributed by atoms with Crippen LogP contribution in [0.4, 0.5) is 4.79 Å². The van der Waals surface area contributed by atoms with Crippen molar-refractivity contribution in [1.82, 2.24) is 15.1 Å². The predicted octanol–water partition coefficient (Wildman–Crippen LogP) is 2.88. The SMILES string of the molecule is CCOc1cc(CN(C)C(=O)NCC2CC(=O)N(C(C)(C)C)C2)ccc1OC. The molecule has 1 aromatic rings. The van der Waals surface area contributed by atoms with Crippen LogP contribution in [0.15, 0.2) is 18.2 Å². The number of likely N-dealkylation sites (tertiary alicyclic amines) is 1. The number of urea groups is 1. The Morgan fingerprint density at radius 3 is 2.61 bits per heavy atom. The summed E-state index contributed by atoms with van der Waals surface area (Å²) >= 11 is 0. The Morgan fingerprint density at radius 2 is 2.04 bits per heavy atom. The quantitative estimate of drug-likeness (QED) is 0.776. The third kappa shape index (κ3) is 5.53. The summed E-state index contributed by atoms with van der Waals surface area (Å²) in [6.07, 6.45) is 0.484. The molecule has 28 heavy (non-hydrogen) atoms. The van der Waals surface area contributed by atoms with E-state index in [4.69, 9.17) is 9.47 Å². The molecule has 0 aliphatic carbocycles. The molecule has 1 aliphatic rings. The minimum absolute atomic E-state index is 0.148. The molecule has 0 saturated carbocycles. The second-order valence-corrected chi connectivity index (χ2v) is 8.21. The molecule has 1 saturated heterocycles. The van der Waals surface area contributed by atoms with Gasteiger partial charge in [-0.2, -0.15) is 0 Å². The van der Waals surface area contributed by atoms with Crippen molar-refractivity contribution in [3.8, 4) is 11.5 Å². The molecule has 1 aromatic carbocycles. The molecule has 1 aliphatic heterocycles. The topological polar surface area (TPSA) is 71.1 Å². The van der Waals surface area contributed by atoms with Gasteiger partial charge in [-0.1, -0.05) is 6.07 Å². The average molecular weight is 392 g/mol. The second-order valence-electron chi connectivity index (χ2n) is 8.21. The predicted molar refractivity (Wildman–Crippen MR) is 109 cm³/mol. The summed E-state index contributed by atoms with van der Waals surface area (Å²) in [5, 5.41) is 2.95. The first-order valence-electron chi connectivity index (χ1n) is 9.74. The molecule has 1 heterocycles. The van der Waals surface area contributed by atoms with Crippen LogP contribution in [-0.2, 0) is 11.3 Å². The molecule has 2 rings (SSSR count). The summed E-state index contributed by atoms with van der Waals surface area (Å²) in [5.74, 6) is 1.64. The van der Waals surface area contributed by atoms with Crippen molar-refractivity contribution >= 4 is 11.9 Å². The lowest BCUT2D eigenvalue weighted by Crippen LogP contribution is -2.43. The molecule has 0 bridgehead atoms. The zero-order valence-corrected chi connectivity index (χ0v) is 17.9. The third-order valence-electron chi connectivity index (χ3n) is 4.85. The van der Waals surface area contributed by atoms with E-state index in [-0.39, 0.29) is 23.4 Å². The maximum Gasteiger partial charge on any atom is 0.317 e. The molecule has 0 spiro atoms. The van der Waals surface area contributed by atoms with Crippen molar-refractivity contribution in [2.45, 2.75) is 46.2 Å². The number of amides is 3. The molecular weight excluding hydrogens is 358 g/mol. The van der Waals surface area contributed by atoms with Gasteiger partial charge in [-0.15, -0.1) is 0 Å². The summed E-state index contributed by atoms with van der Waals surface area (Å²) in [6.45, 7) is 10.2. The van der Waals surface area contributed by atoms with Gasteiger partial charge in [-0.3, -0.25) is 4.79 Å². The van der Waals surface area contributed by atoms with Crippen LogP contribution >= 0.6 is 0 Å². The van der Waals surface area contributed by atoms with E-state index in [1.54, 1.807) is 19.1 Å². The van der Waals surface area contributed by atoms with E-state index in [2.05, 4.69) is 5.32 Å². The first-order valence-corrected chi connectivity index (χ1v) is 9.74. The molecule has 3 amide bonds. The van der Waals surface area contributed by atoms with Gasteiger partial charge in [0.15, 0.2) is 11.5 Å². The van der Waals surface area contributed by atoms with Gasteiger partial charge >= 0.3 is 6.03 Å². The van der Waals surface area contributed by atoms with Crippen LogP contribution in [0.1, 0.15) is 39.7 Å². The van der Waals surface area contributed by atoms with E-state index in [0.29, 0.717) is 44.2 Å². The molecule has 1 atom stereocenters. The fourth-order valence-corrected chi connectivity index (χ4v) is 3.37. The Kier molecular flexibility index (Phi) is 7.16. The number of hydrogen-bond donors (Lipinski definition) is 1. The second kappa shape index (κ2) is 9.17. The number of ether oxygens (including phenoxy) is 2. The van der Waals surface area contributed by atoms with E-state index in [9.17, 15) is 9.59 Å². The fraction of sp³-hybridized carbons (Fsp3) is 0.619. The Balaban J connectivity index is 1.88. The Morgan fingerprint density at radius 1 is 1.32 bits per heavy atom. The number of hydrogen-bond acceptors (Lipinski definition) is 4. The normalized spacial score (nSPS) is 16.9. The zero-order valence-electron chi connectivity index (χ0n) is 17.9. The van der Waals surface area contributed by atoms with Crippen LogP contribution in [-0.4, -0.2) is 61.1 Å². The average Bonchev–Trinajstić information content (AvgIpc) is 3.01. The van der Waals surface area contributed by atoms with Crippen LogP contribution in [0.2, 0.25) is 0 Å². The molecule has 1 fully saturated rings. The molecular formula is C21H33N3O4. The molecule has 0 radical (unpaired) electrons.